The molecular weight excluding hydrogens is 552 g/mol. The fourth-order valence-electron chi connectivity index (χ4n) is 1.54. The van der Waals surface area contributed by atoms with Crippen molar-refractivity contribution >= 4 is 17.7 Å². The first-order valence-corrected chi connectivity index (χ1v) is 14.1. The number of hydrogen-bond donors (Lipinski definition) is 0. The molecule has 4 aromatic carbocycles. The second kappa shape index (κ2) is 51.2. The standard InChI is InChI=1S/4C6H6.2C3H6O2.C3H6O.C3H8.C2H6O/c4*1-2-4-6-5-3-1;2*1-3(4)5-2;1-3(2)4;2*1-3-2/h4*1-6H;2*1-2H3;1-2H3;3H2,1-2H3;1-2H3. The van der Waals surface area contributed by atoms with Crippen molar-refractivity contribution in [2.45, 2.75) is 48.0 Å². The van der Waals surface area contributed by atoms with E-state index < -0.39 is 0 Å². The van der Waals surface area contributed by atoms with Crippen LogP contribution in [0.1, 0.15) is 48.0 Å². The molecule has 0 aliphatic heterocycles. The summed E-state index contributed by atoms with van der Waals surface area (Å²) >= 11 is 0. The van der Waals surface area contributed by atoms with Crippen LogP contribution in [0, 0.1) is 0 Å². The summed E-state index contributed by atoms with van der Waals surface area (Å²) in [7, 11) is 5.95. The molecule has 4 aromatic rings. The average molecular weight is 609 g/mol. The van der Waals surface area contributed by atoms with Crippen LogP contribution in [0.15, 0.2) is 146 Å². The lowest BCUT2D eigenvalue weighted by Gasteiger charge is -1.80. The molecule has 0 atom stereocenters. The SMILES string of the molecule is CC(C)=O.CCC.COC.COC(C)=O.COC(C)=O.c1ccccc1.c1ccccc1.c1ccccc1.c1ccccc1. The fraction of sp³-hybridized carbons (Fsp3) is 0.289. The van der Waals surface area contributed by atoms with Gasteiger partial charge < -0.3 is 19.0 Å². The Morgan fingerprint density at radius 2 is 0.409 bits per heavy atom. The van der Waals surface area contributed by atoms with Crippen molar-refractivity contribution < 1.29 is 28.6 Å². The number of benzene rings is 4. The topological polar surface area (TPSA) is 78.9 Å². The van der Waals surface area contributed by atoms with E-state index in [-0.39, 0.29) is 17.7 Å². The fourth-order valence-corrected chi connectivity index (χ4v) is 1.54. The summed E-state index contributed by atoms with van der Waals surface area (Å²) in [6.07, 6.45) is 1.25. The summed E-state index contributed by atoms with van der Waals surface area (Å²) in [4.78, 5) is 28.6. The molecule has 44 heavy (non-hydrogen) atoms. The Morgan fingerprint density at radius 3 is 0.432 bits per heavy atom. The number of methoxy groups -OCH3 is 3. The van der Waals surface area contributed by atoms with E-state index in [0.29, 0.717) is 0 Å². The van der Waals surface area contributed by atoms with Gasteiger partial charge in [-0.1, -0.05) is 166 Å². The Balaban J connectivity index is -0.000000131. The Labute approximate surface area is 268 Å². The van der Waals surface area contributed by atoms with E-state index in [9.17, 15) is 14.4 Å². The Morgan fingerprint density at radius 1 is 0.364 bits per heavy atom. The second-order valence-electron chi connectivity index (χ2n) is 8.03. The highest BCUT2D eigenvalue weighted by atomic mass is 16.5. The highest BCUT2D eigenvalue weighted by molar-refractivity contribution is 5.72. The summed E-state index contributed by atoms with van der Waals surface area (Å²) in [5, 5.41) is 0. The number of ketones is 1. The predicted octanol–water partition coefficient (Wildman–Crippen LogP) is 9.38. The largest absolute Gasteiger partial charge is 0.469 e. The van der Waals surface area contributed by atoms with Crippen LogP contribution in [0.2, 0.25) is 0 Å². The highest BCUT2D eigenvalue weighted by Gasteiger charge is 1.76. The molecule has 0 aromatic heterocycles. The molecule has 0 N–H and O–H groups in total. The van der Waals surface area contributed by atoms with Gasteiger partial charge >= 0.3 is 11.9 Å². The van der Waals surface area contributed by atoms with Crippen molar-refractivity contribution in [2.75, 3.05) is 28.4 Å². The molecule has 0 aliphatic carbocycles. The molecule has 244 valence electrons. The van der Waals surface area contributed by atoms with Crippen molar-refractivity contribution in [3.8, 4) is 0 Å². The van der Waals surface area contributed by atoms with Crippen molar-refractivity contribution in [1.29, 1.82) is 0 Å². The van der Waals surface area contributed by atoms with Gasteiger partial charge in [0, 0.05) is 28.1 Å². The van der Waals surface area contributed by atoms with E-state index in [1.807, 2.05) is 146 Å². The molecule has 0 spiro atoms. The zero-order valence-electron chi connectivity index (χ0n) is 28.5. The van der Waals surface area contributed by atoms with Crippen LogP contribution in [-0.4, -0.2) is 46.2 Å². The van der Waals surface area contributed by atoms with Crippen LogP contribution >= 0.6 is 0 Å². The predicted molar refractivity (Wildman–Crippen MR) is 186 cm³/mol. The van der Waals surface area contributed by atoms with E-state index in [0.717, 1.165) is 0 Å². The molecule has 0 unspecified atom stereocenters. The first-order valence-electron chi connectivity index (χ1n) is 14.1. The third-order valence-corrected chi connectivity index (χ3v) is 3.24. The number of Topliss-reactive ketones (excluding diaryl/α,β-unsaturated/α-hetero) is 1. The van der Waals surface area contributed by atoms with E-state index in [4.69, 9.17) is 0 Å². The smallest absolute Gasteiger partial charge is 0.302 e. The minimum atomic E-state index is -0.245. The summed E-state index contributed by atoms with van der Waals surface area (Å²) < 4.78 is 12.5. The van der Waals surface area contributed by atoms with Gasteiger partial charge in [0.15, 0.2) is 0 Å². The van der Waals surface area contributed by atoms with Gasteiger partial charge in [-0.25, -0.2) is 0 Å². The summed E-state index contributed by atoms with van der Waals surface area (Å²) in [5.41, 5.74) is 0. The van der Waals surface area contributed by atoms with Gasteiger partial charge in [-0.15, -0.1) is 0 Å². The minimum absolute atomic E-state index is 0.167. The van der Waals surface area contributed by atoms with Crippen LogP contribution in [-0.2, 0) is 28.6 Å². The lowest BCUT2D eigenvalue weighted by molar-refractivity contribution is -0.138. The zero-order chi connectivity index (χ0) is 34.5. The van der Waals surface area contributed by atoms with Crippen molar-refractivity contribution in [3.05, 3.63) is 146 Å². The van der Waals surface area contributed by atoms with E-state index in [2.05, 4.69) is 28.1 Å². The lowest BCUT2D eigenvalue weighted by atomic mass is 10.4. The average Bonchev–Trinajstić information content (AvgIpc) is 3.06. The van der Waals surface area contributed by atoms with Gasteiger partial charge in [-0.05, 0) is 13.8 Å². The summed E-state index contributed by atoms with van der Waals surface area (Å²) in [6, 6.07) is 48.0. The van der Waals surface area contributed by atoms with E-state index >= 15 is 0 Å². The molecule has 6 heteroatoms. The van der Waals surface area contributed by atoms with Gasteiger partial charge in [0.05, 0.1) is 14.2 Å². The van der Waals surface area contributed by atoms with Crippen LogP contribution in [0.4, 0.5) is 0 Å². The van der Waals surface area contributed by atoms with E-state index in [1.54, 1.807) is 14.2 Å². The zero-order valence-corrected chi connectivity index (χ0v) is 28.5. The summed E-state index contributed by atoms with van der Waals surface area (Å²) in [6.45, 7) is 10.0. The molecule has 0 amide bonds. The normalized spacial score (nSPS) is 7.32. The van der Waals surface area contributed by atoms with Crippen LogP contribution in [0.5, 0.6) is 0 Å². The molecule has 0 saturated carbocycles. The lowest BCUT2D eigenvalue weighted by Crippen LogP contribution is -1.88. The van der Waals surface area contributed by atoms with Crippen molar-refractivity contribution in [1.82, 2.24) is 0 Å². The molecule has 0 fully saturated rings. The Kier molecular flexibility index (Phi) is 57.2. The van der Waals surface area contributed by atoms with Gasteiger partial charge in [0.2, 0.25) is 0 Å². The molecule has 4 rings (SSSR count). The van der Waals surface area contributed by atoms with Gasteiger partial charge in [-0.2, -0.15) is 0 Å². The number of carbonyl (C=O) groups is 3. The first-order chi connectivity index (χ1) is 21.1. The highest BCUT2D eigenvalue weighted by Crippen LogP contribution is 1.81. The molecule has 6 nitrogen and oxygen atoms in total. The van der Waals surface area contributed by atoms with Crippen LogP contribution in [0.25, 0.3) is 0 Å². The minimum Gasteiger partial charge on any atom is -0.469 e. The number of carbonyl (C=O) groups excluding carboxylic acids is 3. The van der Waals surface area contributed by atoms with Gasteiger partial charge in [0.1, 0.15) is 5.78 Å². The Hall–Kier alpha value is -4.55. The quantitative estimate of drug-likeness (QED) is 0.185. The summed E-state index contributed by atoms with van der Waals surface area (Å²) in [5.74, 6) is -0.324. The van der Waals surface area contributed by atoms with Crippen LogP contribution in [0.3, 0.4) is 0 Å². The molecule has 0 bridgehead atoms. The van der Waals surface area contributed by atoms with Gasteiger partial charge in [0.25, 0.3) is 0 Å². The number of rotatable bonds is 0. The molecular formula is C38H56O6. The molecule has 0 heterocycles. The maximum Gasteiger partial charge on any atom is 0.302 e. The second-order valence-corrected chi connectivity index (χ2v) is 8.03. The monoisotopic (exact) mass is 608 g/mol. The maximum absolute atomic E-state index is 9.59. The van der Waals surface area contributed by atoms with Crippen molar-refractivity contribution in [3.63, 3.8) is 0 Å². The third kappa shape index (κ3) is 90.5. The number of hydrogen-bond acceptors (Lipinski definition) is 6. The number of ether oxygens (including phenoxy) is 3. The molecule has 0 saturated heterocycles. The molecule has 0 radical (unpaired) electrons. The molecule has 0 aliphatic rings. The first kappa shape index (κ1) is 49.1. The Bertz CT molecular complexity index is 744. The van der Waals surface area contributed by atoms with Crippen molar-refractivity contribution in [2.24, 2.45) is 0 Å². The third-order valence-electron chi connectivity index (χ3n) is 3.24. The number of esters is 2. The van der Waals surface area contributed by atoms with E-state index in [1.165, 1.54) is 48.3 Å². The van der Waals surface area contributed by atoms with Gasteiger partial charge in [-0.3, -0.25) is 9.59 Å². The maximum atomic E-state index is 9.59. The van der Waals surface area contributed by atoms with Crippen LogP contribution < -0.4 is 0 Å².